The number of H-pyrrole nitrogens is 2. The van der Waals surface area contributed by atoms with Gasteiger partial charge in [-0.1, -0.05) is 38.1 Å². The predicted molar refractivity (Wildman–Crippen MR) is 87.5 cm³/mol. The molecule has 2 aromatic rings. The van der Waals surface area contributed by atoms with Gasteiger partial charge in [0, 0.05) is 0 Å². The van der Waals surface area contributed by atoms with E-state index in [0.29, 0.717) is 5.92 Å². The molecule has 1 aliphatic heterocycles. The average molecular weight is 324 g/mol. The number of allylic oxidation sites excluding steroid dienone is 1. The van der Waals surface area contributed by atoms with Gasteiger partial charge in [-0.15, -0.1) is 0 Å². The van der Waals surface area contributed by atoms with Crippen molar-refractivity contribution in [2.45, 2.75) is 25.7 Å². The second-order valence-corrected chi connectivity index (χ2v) is 5.90. The molecule has 0 saturated heterocycles. The second-order valence-electron chi connectivity index (χ2n) is 5.90. The van der Waals surface area contributed by atoms with Gasteiger partial charge in [0.05, 0.1) is 11.5 Å². The normalized spacial score (nSPS) is 16.5. The number of aromatic amines is 2. The average Bonchev–Trinajstić information content (AvgIpc) is 2.53. The first kappa shape index (κ1) is 15.6. The molecule has 1 atom stereocenters. The molecule has 2 heterocycles. The Bertz CT molecular complexity index is 975. The third-order valence-corrected chi connectivity index (χ3v) is 4.06. The Labute approximate surface area is 137 Å². The fraction of sp³-hybridized carbons (Fsp3) is 0.235. The van der Waals surface area contributed by atoms with E-state index in [-0.39, 0.29) is 22.9 Å². The maximum absolute atomic E-state index is 12.3. The quantitative estimate of drug-likeness (QED) is 0.770. The van der Waals surface area contributed by atoms with Crippen LogP contribution in [0.2, 0.25) is 0 Å². The molecule has 0 radical (unpaired) electrons. The van der Waals surface area contributed by atoms with Crippen LogP contribution >= 0.6 is 0 Å². The van der Waals surface area contributed by atoms with Crippen molar-refractivity contribution in [3.8, 4) is 11.9 Å². The molecule has 0 amide bonds. The SMILES string of the molecule is CC(C)c1ccc(C2C(C#N)=C(N)Oc3[nH]c(=O)[nH]c(=O)c32)cc1. The fourth-order valence-corrected chi connectivity index (χ4v) is 2.80. The number of benzene rings is 1. The van der Waals surface area contributed by atoms with E-state index in [4.69, 9.17) is 10.5 Å². The zero-order valence-corrected chi connectivity index (χ0v) is 13.2. The van der Waals surface area contributed by atoms with E-state index in [2.05, 4.69) is 23.8 Å². The molecule has 1 aliphatic rings. The first-order valence-corrected chi connectivity index (χ1v) is 7.46. The van der Waals surface area contributed by atoms with Crippen molar-refractivity contribution in [2.24, 2.45) is 5.73 Å². The third-order valence-electron chi connectivity index (χ3n) is 4.06. The van der Waals surface area contributed by atoms with E-state index in [1.54, 1.807) is 0 Å². The molecule has 0 fully saturated rings. The van der Waals surface area contributed by atoms with E-state index in [9.17, 15) is 14.9 Å². The van der Waals surface area contributed by atoms with Crippen LogP contribution in [0.1, 0.15) is 42.4 Å². The molecule has 0 saturated carbocycles. The monoisotopic (exact) mass is 324 g/mol. The van der Waals surface area contributed by atoms with E-state index in [0.717, 1.165) is 11.1 Å². The number of nitrogens with two attached hydrogens (primary N) is 1. The highest BCUT2D eigenvalue weighted by Gasteiger charge is 2.34. The van der Waals surface area contributed by atoms with E-state index >= 15 is 0 Å². The highest BCUT2D eigenvalue weighted by molar-refractivity contribution is 5.52. The Balaban J connectivity index is 2.24. The number of fused-ring (bicyclic) bond motifs is 1. The number of nitrogens with zero attached hydrogens (tertiary/aromatic N) is 1. The van der Waals surface area contributed by atoms with Gasteiger partial charge in [0.15, 0.2) is 0 Å². The lowest BCUT2D eigenvalue weighted by Gasteiger charge is -2.24. The van der Waals surface area contributed by atoms with Crippen molar-refractivity contribution >= 4 is 0 Å². The summed E-state index contributed by atoms with van der Waals surface area (Å²) < 4.78 is 5.27. The minimum atomic E-state index is -0.694. The van der Waals surface area contributed by atoms with Crippen LogP contribution in [0.3, 0.4) is 0 Å². The number of hydrogen-bond acceptors (Lipinski definition) is 5. The summed E-state index contributed by atoms with van der Waals surface area (Å²) in [5.41, 5.74) is 6.67. The summed E-state index contributed by atoms with van der Waals surface area (Å²) in [7, 11) is 0. The van der Waals surface area contributed by atoms with Gasteiger partial charge < -0.3 is 10.5 Å². The lowest BCUT2D eigenvalue weighted by molar-refractivity contribution is 0.373. The standard InChI is InChI=1S/C17H16N4O3/c1-8(2)9-3-5-10(6-4-9)12-11(7-18)14(19)24-16-13(12)15(22)20-17(23)21-16/h3-6,8,12H,19H2,1-2H3,(H2,20,21,22,23). The van der Waals surface area contributed by atoms with Gasteiger partial charge in [-0.05, 0) is 17.0 Å². The summed E-state index contributed by atoms with van der Waals surface area (Å²) in [6.07, 6.45) is 0. The molecular weight excluding hydrogens is 308 g/mol. The highest BCUT2D eigenvalue weighted by Crippen LogP contribution is 2.38. The molecule has 0 bridgehead atoms. The molecule has 1 aromatic heterocycles. The number of aromatic nitrogens is 2. The van der Waals surface area contributed by atoms with Crippen LogP contribution in [-0.2, 0) is 0 Å². The number of ether oxygens (including phenoxy) is 1. The molecule has 4 N–H and O–H groups in total. The van der Waals surface area contributed by atoms with Crippen LogP contribution in [0.5, 0.6) is 5.88 Å². The minimum Gasteiger partial charge on any atom is -0.424 e. The molecule has 24 heavy (non-hydrogen) atoms. The van der Waals surface area contributed by atoms with Gasteiger partial charge in [-0.25, -0.2) is 4.79 Å². The summed E-state index contributed by atoms with van der Waals surface area (Å²) in [6, 6.07) is 9.60. The second kappa shape index (κ2) is 5.74. The van der Waals surface area contributed by atoms with Crippen LogP contribution in [0.25, 0.3) is 0 Å². The van der Waals surface area contributed by atoms with Gasteiger partial charge >= 0.3 is 5.69 Å². The first-order chi connectivity index (χ1) is 11.4. The molecule has 0 spiro atoms. The van der Waals surface area contributed by atoms with Gasteiger partial charge in [-0.2, -0.15) is 5.26 Å². The lowest BCUT2D eigenvalue weighted by Crippen LogP contribution is -2.33. The van der Waals surface area contributed by atoms with Gasteiger partial charge in [0.2, 0.25) is 11.8 Å². The van der Waals surface area contributed by atoms with Crippen molar-refractivity contribution in [1.29, 1.82) is 5.26 Å². The molecule has 0 aliphatic carbocycles. The Morgan fingerprint density at radius 2 is 1.88 bits per heavy atom. The zero-order chi connectivity index (χ0) is 17.4. The van der Waals surface area contributed by atoms with Crippen molar-refractivity contribution in [3.05, 3.63) is 73.3 Å². The van der Waals surface area contributed by atoms with Crippen molar-refractivity contribution in [3.63, 3.8) is 0 Å². The number of hydrogen-bond donors (Lipinski definition) is 3. The molecule has 1 unspecified atom stereocenters. The maximum Gasteiger partial charge on any atom is 0.328 e. The van der Waals surface area contributed by atoms with E-state index < -0.39 is 17.2 Å². The van der Waals surface area contributed by atoms with Crippen molar-refractivity contribution in [2.75, 3.05) is 0 Å². The van der Waals surface area contributed by atoms with Gasteiger partial charge in [0.25, 0.3) is 5.56 Å². The van der Waals surface area contributed by atoms with Gasteiger partial charge in [0.1, 0.15) is 11.6 Å². The van der Waals surface area contributed by atoms with E-state index in [1.165, 1.54) is 0 Å². The first-order valence-electron chi connectivity index (χ1n) is 7.46. The molecule has 3 rings (SSSR count). The fourth-order valence-electron chi connectivity index (χ4n) is 2.80. The Hall–Kier alpha value is -3.27. The van der Waals surface area contributed by atoms with Crippen LogP contribution in [0.15, 0.2) is 45.3 Å². The Morgan fingerprint density at radius 1 is 1.21 bits per heavy atom. The molecular formula is C17H16N4O3. The van der Waals surface area contributed by atoms with Crippen molar-refractivity contribution < 1.29 is 4.74 Å². The highest BCUT2D eigenvalue weighted by atomic mass is 16.5. The third kappa shape index (κ3) is 2.48. The van der Waals surface area contributed by atoms with Crippen molar-refractivity contribution in [1.82, 2.24) is 9.97 Å². The molecule has 1 aromatic carbocycles. The molecule has 122 valence electrons. The van der Waals surface area contributed by atoms with Crippen LogP contribution in [0.4, 0.5) is 0 Å². The van der Waals surface area contributed by atoms with E-state index in [1.807, 2.05) is 30.3 Å². The summed E-state index contributed by atoms with van der Waals surface area (Å²) >= 11 is 0. The summed E-state index contributed by atoms with van der Waals surface area (Å²) in [4.78, 5) is 28.3. The smallest absolute Gasteiger partial charge is 0.328 e. The maximum atomic E-state index is 12.3. The Kier molecular flexibility index (Phi) is 3.73. The largest absolute Gasteiger partial charge is 0.424 e. The number of rotatable bonds is 2. The van der Waals surface area contributed by atoms with Crippen LogP contribution in [0, 0.1) is 11.3 Å². The summed E-state index contributed by atoms with van der Waals surface area (Å²) in [5, 5.41) is 9.46. The molecule has 7 nitrogen and oxygen atoms in total. The number of nitriles is 1. The zero-order valence-electron chi connectivity index (χ0n) is 13.2. The molecule has 7 heteroatoms. The summed E-state index contributed by atoms with van der Waals surface area (Å²) in [5.74, 6) is -0.486. The van der Waals surface area contributed by atoms with Crippen LogP contribution < -0.4 is 21.7 Å². The number of nitrogens with one attached hydrogen (secondary N) is 2. The van der Waals surface area contributed by atoms with Crippen LogP contribution in [-0.4, -0.2) is 9.97 Å². The minimum absolute atomic E-state index is 0.0295. The topological polar surface area (TPSA) is 125 Å². The lowest BCUT2D eigenvalue weighted by atomic mass is 9.84. The Morgan fingerprint density at radius 3 is 2.46 bits per heavy atom. The van der Waals surface area contributed by atoms with Gasteiger partial charge in [-0.3, -0.25) is 14.8 Å². The predicted octanol–water partition coefficient (Wildman–Crippen LogP) is 1.40. The summed E-state index contributed by atoms with van der Waals surface area (Å²) in [6.45, 7) is 4.15.